The molecule has 3 aromatic rings. The number of hydrogen-bond donors (Lipinski definition) is 0. The van der Waals surface area contributed by atoms with Gasteiger partial charge >= 0.3 is 0 Å². The van der Waals surface area contributed by atoms with Crippen LogP contribution in [-0.2, 0) is 11.3 Å². The molecule has 0 N–H and O–H groups in total. The Morgan fingerprint density at radius 1 is 1.06 bits per heavy atom. The van der Waals surface area contributed by atoms with Gasteiger partial charge in [0.2, 0.25) is 5.78 Å². The number of Topliss-reactive ketones (excluding diaryl/α,β-unsaturated/α-hetero) is 1. The largest absolute Gasteiger partial charge is 0.489 e. The Hall–Kier alpha value is -3.54. The lowest BCUT2D eigenvalue weighted by Crippen LogP contribution is -2.12. The SMILES string of the molecule is O=C1/C(=C/c2cc(Cl)cc3c2OCOC3)Oc2cc(OC/C=C/c3ccccc3)ccc21. The highest BCUT2D eigenvalue weighted by molar-refractivity contribution is 6.31. The molecule has 2 aliphatic heterocycles. The van der Waals surface area contributed by atoms with E-state index in [1.54, 1.807) is 36.4 Å². The van der Waals surface area contributed by atoms with Crippen molar-refractivity contribution in [1.82, 2.24) is 0 Å². The summed E-state index contributed by atoms with van der Waals surface area (Å²) in [5.41, 5.74) is 3.10. The van der Waals surface area contributed by atoms with E-state index in [2.05, 4.69) is 0 Å². The summed E-state index contributed by atoms with van der Waals surface area (Å²) < 4.78 is 22.6. The summed E-state index contributed by atoms with van der Waals surface area (Å²) in [6.07, 6.45) is 5.58. The number of benzene rings is 3. The van der Waals surface area contributed by atoms with Crippen molar-refractivity contribution in [3.8, 4) is 17.2 Å². The Balaban J connectivity index is 1.32. The summed E-state index contributed by atoms with van der Waals surface area (Å²) in [5, 5.41) is 0.534. The molecule has 0 aromatic heterocycles. The number of ketones is 1. The van der Waals surface area contributed by atoms with Crippen molar-refractivity contribution in [2.75, 3.05) is 13.4 Å². The van der Waals surface area contributed by atoms with Crippen LogP contribution in [0.5, 0.6) is 17.2 Å². The zero-order chi connectivity index (χ0) is 21.9. The average molecular weight is 447 g/mol. The topological polar surface area (TPSA) is 54.0 Å². The molecule has 0 amide bonds. The molecule has 3 aromatic carbocycles. The van der Waals surface area contributed by atoms with Gasteiger partial charge < -0.3 is 18.9 Å². The van der Waals surface area contributed by atoms with E-state index >= 15 is 0 Å². The maximum atomic E-state index is 12.8. The molecule has 5 rings (SSSR count). The first kappa shape index (κ1) is 20.4. The third-order valence-corrected chi connectivity index (χ3v) is 5.31. The molecule has 2 aliphatic rings. The third-order valence-electron chi connectivity index (χ3n) is 5.09. The minimum Gasteiger partial charge on any atom is -0.489 e. The second-order valence-corrected chi connectivity index (χ2v) is 7.75. The lowest BCUT2D eigenvalue weighted by molar-refractivity contribution is -0.0165. The Morgan fingerprint density at radius 3 is 2.81 bits per heavy atom. The summed E-state index contributed by atoms with van der Waals surface area (Å²) in [4.78, 5) is 12.8. The maximum absolute atomic E-state index is 12.8. The monoisotopic (exact) mass is 446 g/mol. The predicted octanol–water partition coefficient (Wildman–Crippen LogP) is 5.91. The second-order valence-electron chi connectivity index (χ2n) is 7.32. The zero-order valence-electron chi connectivity index (χ0n) is 17.0. The first-order valence-electron chi connectivity index (χ1n) is 10.1. The number of ether oxygens (including phenoxy) is 4. The van der Waals surface area contributed by atoms with Gasteiger partial charge in [0.25, 0.3) is 0 Å². The minimum atomic E-state index is -0.198. The molecule has 0 fully saturated rings. The predicted molar refractivity (Wildman–Crippen MR) is 122 cm³/mol. The van der Waals surface area contributed by atoms with Gasteiger partial charge in [-0.2, -0.15) is 0 Å². The highest BCUT2D eigenvalue weighted by Crippen LogP contribution is 2.38. The van der Waals surface area contributed by atoms with Crippen LogP contribution in [0.1, 0.15) is 27.0 Å². The average Bonchev–Trinajstić information content (AvgIpc) is 3.12. The quantitative estimate of drug-likeness (QED) is 0.456. The van der Waals surface area contributed by atoms with Crippen LogP contribution in [0.3, 0.4) is 0 Å². The van der Waals surface area contributed by atoms with Crippen molar-refractivity contribution in [2.45, 2.75) is 6.61 Å². The van der Waals surface area contributed by atoms with E-state index in [-0.39, 0.29) is 18.3 Å². The number of fused-ring (bicyclic) bond motifs is 2. The molecule has 0 bridgehead atoms. The highest BCUT2D eigenvalue weighted by atomic mass is 35.5. The van der Waals surface area contributed by atoms with Gasteiger partial charge in [0.05, 0.1) is 12.2 Å². The van der Waals surface area contributed by atoms with Crippen LogP contribution in [0.15, 0.2) is 72.5 Å². The first-order valence-corrected chi connectivity index (χ1v) is 10.5. The molecule has 0 saturated carbocycles. The lowest BCUT2D eigenvalue weighted by Gasteiger charge is -2.20. The standard InChI is InChI=1S/C26H19ClO5/c27-20-11-18(26-19(12-20)15-29-16-31-26)13-24-25(28)22-9-8-21(14-23(22)32-24)30-10-4-7-17-5-2-1-3-6-17/h1-9,11-14H,10,15-16H2/b7-4+,24-13-. The maximum Gasteiger partial charge on any atom is 0.231 e. The van der Waals surface area contributed by atoms with Crippen LogP contribution in [0, 0.1) is 0 Å². The van der Waals surface area contributed by atoms with E-state index in [0.29, 0.717) is 46.6 Å². The summed E-state index contributed by atoms with van der Waals surface area (Å²) in [7, 11) is 0. The van der Waals surface area contributed by atoms with Crippen LogP contribution in [0.25, 0.3) is 12.2 Å². The fraction of sp³-hybridized carbons (Fsp3) is 0.115. The summed E-state index contributed by atoms with van der Waals surface area (Å²) in [5.74, 6) is 1.74. The van der Waals surface area contributed by atoms with Crippen molar-refractivity contribution in [3.05, 3.63) is 99.8 Å². The van der Waals surface area contributed by atoms with E-state index in [0.717, 1.165) is 11.1 Å². The Labute approximate surface area is 190 Å². The molecule has 6 heteroatoms. The fourth-order valence-electron chi connectivity index (χ4n) is 3.61. The first-order chi connectivity index (χ1) is 15.7. The summed E-state index contributed by atoms with van der Waals surface area (Å²) in [6.45, 7) is 0.956. The summed E-state index contributed by atoms with van der Waals surface area (Å²) >= 11 is 6.22. The number of allylic oxidation sites excluding steroid dienone is 1. The van der Waals surface area contributed by atoms with Gasteiger partial charge in [-0.3, -0.25) is 4.79 Å². The fourth-order valence-corrected chi connectivity index (χ4v) is 3.86. The Bertz CT molecular complexity index is 1230. The van der Waals surface area contributed by atoms with E-state index < -0.39 is 0 Å². The number of carbonyl (C=O) groups excluding carboxylic acids is 1. The van der Waals surface area contributed by atoms with E-state index in [1.165, 1.54) is 0 Å². The van der Waals surface area contributed by atoms with Crippen molar-refractivity contribution in [1.29, 1.82) is 0 Å². The molecule has 0 atom stereocenters. The van der Waals surface area contributed by atoms with Crippen molar-refractivity contribution in [2.24, 2.45) is 0 Å². The van der Waals surface area contributed by atoms with Crippen LogP contribution in [-0.4, -0.2) is 19.2 Å². The molecule has 0 saturated heterocycles. The Morgan fingerprint density at radius 2 is 1.94 bits per heavy atom. The normalized spacial score (nSPS) is 15.9. The molecule has 5 nitrogen and oxygen atoms in total. The molecule has 0 aliphatic carbocycles. The van der Waals surface area contributed by atoms with Crippen LogP contribution >= 0.6 is 11.6 Å². The smallest absolute Gasteiger partial charge is 0.231 e. The molecular weight excluding hydrogens is 428 g/mol. The number of carbonyl (C=O) groups is 1. The zero-order valence-corrected chi connectivity index (χ0v) is 17.8. The number of hydrogen-bond acceptors (Lipinski definition) is 5. The molecule has 32 heavy (non-hydrogen) atoms. The molecule has 0 radical (unpaired) electrons. The van der Waals surface area contributed by atoms with E-state index in [1.807, 2.05) is 42.5 Å². The van der Waals surface area contributed by atoms with E-state index in [9.17, 15) is 4.79 Å². The molecule has 0 spiro atoms. The van der Waals surface area contributed by atoms with Crippen LogP contribution in [0.2, 0.25) is 5.02 Å². The van der Waals surface area contributed by atoms with Gasteiger partial charge in [-0.25, -0.2) is 0 Å². The number of rotatable bonds is 5. The lowest BCUT2D eigenvalue weighted by atomic mass is 10.1. The highest BCUT2D eigenvalue weighted by Gasteiger charge is 2.28. The minimum absolute atomic E-state index is 0.152. The van der Waals surface area contributed by atoms with Gasteiger partial charge in [0, 0.05) is 22.2 Å². The van der Waals surface area contributed by atoms with Gasteiger partial charge in [-0.1, -0.05) is 48.0 Å². The Kier molecular flexibility index (Phi) is 5.67. The third kappa shape index (κ3) is 4.26. The van der Waals surface area contributed by atoms with Gasteiger partial charge in [-0.05, 0) is 42.0 Å². The van der Waals surface area contributed by atoms with Gasteiger partial charge in [0.1, 0.15) is 23.9 Å². The molecule has 160 valence electrons. The van der Waals surface area contributed by atoms with Crippen molar-refractivity contribution >= 4 is 29.5 Å². The van der Waals surface area contributed by atoms with Crippen LogP contribution < -0.4 is 14.2 Å². The molecular formula is C26H19ClO5. The molecule has 0 unspecified atom stereocenters. The van der Waals surface area contributed by atoms with Crippen molar-refractivity contribution in [3.63, 3.8) is 0 Å². The van der Waals surface area contributed by atoms with Crippen LogP contribution in [0.4, 0.5) is 0 Å². The van der Waals surface area contributed by atoms with Crippen molar-refractivity contribution < 1.29 is 23.7 Å². The number of halogens is 1. The second kappa shape index (κ2) is 8.91. The van der Waals surface area contributed by atoms with Gasteiger partial charge in [-0.15, -0.1) is 0 Å². The van der Waals surface area contributed by atoms with E-state index in [4.69, 9.17) is 30.5 Å². The summed E-state index contributed by atoms with van der Waals surface area (Å²) in [6, 6.07) is 18.7. The van der Waals surface area contributed by atoms with Gasteiger partial charge in [0.15, 0.2) is 12.6 Å². The molecule has 2 heterocycles.